The summed E-state index contributed by atoms with van der Waals surface area (Å²) >= 11 is 0. The molecule has 0 amide bonds. The number of halogens is 1. The summed E-state index contributed by atoms with van der Waals surface area (Å²) in [5, 5.41) is 7.70. The molecule has 4 rings (SSSR count). The van der Waals surface area contributed by atoms with Crippen molar-refractivity contribution in [3.63, 3.8) is 0 Å². The van der Waals surface area contributed by atoms with Crippen molar-refractivity contribution >= 4 is 0 Å². The van der Waals surface area contributed by atoms with Crippen molar-refractivity contribution in [1.29, 1.82) is 0 Å². The lowest BCUT2D eigenvalue weighted by Gasteiger charge is -2.15. The molecule has 0 saturated heterocycles. The van der Waals surface area contributed by atoms with Gasteiger partial charge in [-0.1, -0.05) is 24.3 Å². The van der Waals surface area contributed by atoms with Gasteiger partial charge >= 0.3 is 5.69 Å². The molecule has 128 valence electrons. The number of aryl methyl sites for hydroxylation is 1. The SMILES string of the molecule is Cn1nnn(-c2cccc(C3CC3)c2COc2ccccc2F)c1=O. The summed E-state index contributed by atoms with van der Waals surface area (Å²) < 4.78 is 22.0. The molecule has 0 bridgehead atoms. The molecule has 2 aromatic carbocycles. The van der Waals surface area contributed by atoms with Crippen LogP contribution >= 0.6 is 0 Å². The smallest absolute Gasteiger partial charge is 0.368 e. The molecule has 1 heterocycles. The topological polar surface area (TPSA) is 61.9 Å². The van der Waals surface area contributed by atoms with E-state index < -0.39 is 5.82 Å². The molecule has 3 aromatic rings. The van der Waals surface area contributed by atoms with E-state index in [-0.39, 0.29) is 18.0 Å². The standard InChI is InChI=1S/C18H17FN4O2/c1-22-18(24)23(21-20-22)16-7-4-5-13(12-9-10-12)14(16)11-25-17-8-3-2-6-15(17)19/h2-8,12H,9-11H2,1H3. The monoisotopic (exact) mass is 340 g/mol. The van der Waals surface area contributed by atoms with Gasteiger partial charge in [0, 0.05) is 12.6 Å². The first-order chi connectivity index (χ1) is 12.1. The zero-order chi connectivity index (χ0) is 17.4. The first kappa shape index (κ1) is 15.6. The molecule has 0 radical (unpaired) electrons. The van der Waals surface area contributed by atoms with Gasteiger partial charge in [0.2, 0.25) is 0 Å². The first-order valence-electron chi connectivity index (χ1n) is 8.13. The Kier molecular flexibility index (Phi) is 3.83. The first-order valence-corrected chi connectivity index (χ1v) is 8.13. The Morgan fingerprint density at radius 1 is 1.16 bits per heavy atom. The molecule has 25 heavy (non-hydrogen) atoms. The predicted octanol–water partition coefficient (Wildman–Crippen LogP) is 2.56. The Labute approximate surface area is 143 Å². The van der Waals surface area contributed by atoms with Crippen LogP contribution in [0.25, 0.3) is 5.69 Å². The van der Waals surface area contributed by atoms with Gasteiger partial charge in [0.15, 0.2) is 11.6 Å². The van der Waals surface area contributed by atoms with Crippen molar-refractivity contribution in [3.8, 4) is 11.4 Å². The molecule has 0 spiro atoms. The minimum absolute atomic E-state index is 0.159. The van der Waals surface area contributed by atoms with E-state index in [1.54, 1.807) is 25.2 Å². The summed E-state index contributed by atoms with van der Waals surface area (Å²) in [5.74, 6) is 0.224. The summed E-state index contributed by atoms with van der Waals surface area (Å²) in [6.45, 7) is 0.159. The highest BCUT2D eigenvalue weighted by Gasteiger charge is 2.28. The van der Waals surface area contributed by atoms with E-state index in [1.165, 1.54) is 15.4 Å². The van der Waals surface area contributed by atoms with Gasteiger partial charge in [-0.2, -0.15) is 9.36 Å². The lowest BCUT2D eigenvalue weighted by atomic mass is 10.0. The van der Waals surface area contributed by atoms with Crippen LogP contribution in [0.1, 0.15) is 29.9 Å². The van der Waals surface area contributed by atoms with E-state index in [4.69, 9.17) is 4.74 Å². The number of hydrogen-bond donors (Lipinski definition) is 0. The number of tetrazole rings is 1. The highest BCUT2D eigenvalue weighted by molar-refractivity contribution is 5.48. The van der Waals surface area contributed by atoms with E-state index in [0.29, 0.717) is 11.6 Å². The molecule has 1 aromatic heterocycles. The van der Waals surface area contributed by atoms with Crippen molar-refractivity contribution < 1.29 is 9.13 Å². The number of para-hydroxylation sites is 1. The van der Waals surface area contributed by atoms with Crippen molar-refractivity contribution in [1.82, 2.24) is 19.8 Å². The molecule has 1 saturated carbocycles. The Morgan fingerprint density at radius 3 is 2.64 bits per heavy atom. The van der Waals surface area contributed by atoms with Crippen molar-refractivity contribution in [2.24, 2.45) is 7.05 Å². The Balaban J connectivity index is 1.75. The summed E-state index contributed by atoms with van der Waals surface area (Å²) in [5.41, 5.74) is 2.25. The van der Waals surface area contributed by atoms with Crippen LogP contribution in [0.15, 0.2) is 47.3 Å². The number of nitrogens with zero attached hydrogens (tertiary/aromatic N) is 4. The lowest BCUT2D eigenvalue weighted by molar-refractivity contribution is 0.288. The fourth-order valence-corrected chi connectivity index (χ4v) is 2.90. The zero-order valence-corrected chi connectivity index (χ0v) is 13.7. The van der Waals surface area contributed by atoms with Crippen LogP contribution in [0.4, 0.5) is 4.39 Å². The third-order valence-electron chi connectivity index (χ3n) is 4.36. The van der Waals surface area contributed by atoms with Crippen molar-refractivity contribution in [2.45, 2.75) is 25.4 Å². The van der Waals surface area contributed by atoms with Gasteiger partial charge in [-0.05, 0) is 52.9 Å². The maximum atomic E-state index is 13.8. The minimum atomic E-state index is -0.412. The van der Waals surface area contributed by atoms with Crippen LogP contribution in [0.2, 0.25) is 0 Å². The number of benzene rings is 2. The average Bonchev–Trinajstić information content (AvgIpc) is 3.41. The van der Waals surface area contributed by atoms with Gasteiger partial charge in [-0.3, -0.25) is 0 Å². The Bertz CT molecular complexity index is 975. The highest BCUT2D eigenvalue weighted by Crippen LogP contribution is 2.43. The fourth-order valence-electron chi connectivity index (χ4n) is 2.90. The van der Waals surface area contributed by atoms with Crippen LogP contribution in [0, 0.1) is 5.82 Å². The van der Waals surface area contributed by atoms with E-state index >= 15 is 0 Å². The summed E-state index contributed by atoms with van der Waals surface area (Å²) in [4.78, 5) is 12.2. The molecule has 1 fully saturated rings. The molecule has 0 unspecified atom stereocenters. The number of hydrogen-bond acceptors (Lipinski definition) is 4. The lowest BCUT2D eigenvalue weighted by Crippen LogP contribution is -2.23. The average molecular weight is 340 g/mol. The van der Waals surface area contributed by atoms with Crippen molar-refractivity contribution in [2.75, 3.05) is 0 Å². The second-order valence-electron chi connectivity index (χ2n) is 6.14. The van der Waals surface area contributed by atoms with Crippen LogP contribution in [-0.4, -0.2) is 19.8 Å². The van der Waals surface area contributed by atoms with E-state index in [1.807, 2.05) is 18.2 Å². The summed E-state index contributed by atoms with van der Waals surface area (Å²) in [7, 11) is 1.55. The summed E-state index contributed by atoms with van der Waals surface area (Å²) in [6.07, 6.45) is 2.21. The fraction of sp³-hybridized carbons (Fsp3) is 0.278. The normalized spacial score (nSPS) is 13.8. The Hall–Kier alpha value is -2.96. The largest absolute Gasteiger partial charge is 0.486 e. The van der Waals surface area contributed by atoms with Crippen LogP contribution in [-0.2, 0) is 13.7 Å². The third kappa shape index (κ3) is 2.93. The van der Waals surface area contributed by atoms with E-state index in [9.17, 15) is 9.18 Å². The van der Waals surface area contributed by atoms with Gasteiger partial charge in [-0.15, -0.1) is 0 Å². The molecule has 6 nitrogen and oxygen atoms in total. The second-order valence-corrected chi connectivity index (χ2v) is 6.14. The van der Waals surface area contributed by atoms with Crippen LogP contribution in [0.3, 0.4) is 0 Å². The Morgan fingerprint density at radius 2 is 1.96 bits per heavy atom. The highest BCUT2D eigenvalue weighted by atomic mass is 19.1. The molecule has 1 aliphatic rings. The van der Waals surface area contributed by atoms with Crippen LogP contribution in [0.5, 0.6) is 5.75 Å². The molecule has 7 heteroatoms. The maximum Gasteiger partial charge on any atom is 0.368 e. The molecular formula is C18H17FN4O2. The zero-order valence-electron chi connectivity index (χ0n) is 13.7. The third-order valence-corrected chi connectivity index (χ3v) is 4.36. The molecule has 1 aliphatic carbocycles. The molecule has 0 atom stereocenters. The molecular weight excluding hydrogens is 323 g/mol. The predicted molar refractivity (Wildman–Crippen MR) is 89.3 cm³/mol. The van der Waals surface area contributed by atoms with Gasteiger partial charge in [0.05, 0.1) is 5.69 Å². The number of aromatic nitrogens is 4. The van der Waals surface area contributed by atoms with Gasteiger partial charge in [-0.25, -0.2) is 9.18 Å². The quantitative estimate of drug-likeness (QED) is 0.716. The maximum absolute atomic E-state index is 13.8. The van der Waals surface area contributed by atoms with E-state index in [2.05, 4.69) is 10.4 Å². The number of ether oxygens (including phenoxy) is 1. The number of rotatable bonds is 5. The van der Waals surface area contributed by atoms with E-state index in [0.717, 1.165) is 24.0 Å². The van der Waals surface area contributed by atoms with Gasteiger partial charge in [0.25, 0.3) is 0 Å². The van der Waals surface area contributed by atoms with Gasteiger partial charge < -0.3 is 4.74 Å². The second kappa shape index (κ2) is 6.16. The van der Waals surface area contributed by atoms with Gasteiger partial charge in [0.1, 0.15) is 6.61 Å². The molecule has 0 N–H and O–H groups in total. The minimum Gasteiger partial charge on any atom is -0.486 e. The van der Waals surface area contributed by atoms with Crippen molar-refractivity contribution in [3.05, 3.63) is 69.9 Å². The molecule has 0 aliphatic heterocycles. The summed E-state index contributed by atoms with van der Waals surface area (Å²) in [6, 6.07) is 12.0. The van der Waals surface area contributed by atoms with Crippen LogP contribution < -0.4 is 10.4 Å².